The van der Waals surface area contributed by atoms with Gasteiger partial charge >= 0.3 is 6.03 Å². The Morgan fingerprint density at radius 3 is 2.93 bits per heavy atom. The summed E-state index contributed by atoms with van der Waals surface area (Å²) >= 11 is 0. The Morgan fingerprint density at radius 1 is 1.50 bits per heavy atom. The van der Waals surface area contributed by atoms with Gasteiger partial charge in [0.2, 0.25) is 0 Å². The number of nitrogens with zero attached hydrogens (tertiary/aromatic N) is 1. The molecule has 2 amide bonds. The number of hydrogen-bond acceptors (Lipinski definition) is 2. The number of allylic oxidation sites excluding steroid dienone is 1. The summed E-state index contributed by atoms with van der Waals surface area (Å²) in [6.45, 7) is 3.69. The Hall–Kier alpha value is -1.84. The van der Waals surface area contributed by atoms with E-state index < -0.39 is 0 Å². The standard InChI is InChI=1S/C10H13N3O/c1-3-7-11-10(14)13-9-6-4-5-8(2)12-9/h3-7H,1-2H3,(H2,11,12,13,14)/b7-3+. The van der Waals surface area contributed by atoms with E-state index >= 15 is 0 Å². The maximum Gasteiger partial charge on any atom is 0.324 e. The molecular formula is C10H13N3O. The molecule has 1 rings (SSSR count). The van der Waals surface area contributed by atoms with Crippen LogP contribution in [0.15, 0.2) is 30.5 Å². The van der Waals surface area contributed by atoms with Gasteiger partial charge in [-0.2, -0.15) is 0 Å². The first-order valence-corrected chi connectivity index (χ1v) is 4.34. The van der Waals surface area contributed by atoms with Crippen molar-refractivity contribution in [1.82, 2.24) is 10.3 Å². The molecule has 0 atom stereocenters. The van der Waals surface area contributed by atoms with Crippen LogP contribution in [0.1, 0.15) is 12.6 Å². The fourth-order valence-electron chi connectivity index (χ4n) is 0.924. The summed E-state index contributed by atoms with van der Waals surface area (Å²) < 4.78 is 0. The van der Waals surface area contributed by atoms with E-state index in [4.69, 9.17) is 0 Å². The average molecular weight is 191 g/mol. The Balaban J connectivity index is 2.56. The Kier molecular flexibility index (Phi) is 3.67. The number of aryl methyl sites for hydroxylation is 1. The van der Waals surface area contributed by atoms with Crippen molar-refractivity contribution < 1.29 is 4.79 Å². The van der Waals surface area contributed by atoms with Gasteiger partial charge in [-0.05, 0) is 26.0 Å². The smallest absolute Gasteiger partial charge is 0.315 e. The zero-order valence-electron chi connectivity index (χ0n) is 8.24. The summed E-state index contributed by atoms with van der Waals surface area (Å²) in [4.78, 5) is 15.3. The maximum atomic E-state index is 11.2. The minimum atomic E-state index is -0.291. The third-order valence-electron chi connectivity index (χ3n) is 1.51. The van der Waals surface area contributed by atoms with Crippen molar-refractivity contribution in [3.8, 4) is 0 Å². The first kappa shape index (κ1) is 10.2. The number of urea groups is 1. The van der Waals surface area contributed by atoms with Crippen molar-refractivity contribution in [2.24, 2.45) is 0 Å². The SMILES string of the molecule is C/C=C/NC(=O)Nc1cccc(C)n1. The lowest BCUT2D eigenvalue weighted by Gasteiger charge is -2.03. The molecule has 2 N–H and O–H groups in total. The molecule has 0 fully saturated rings. The highest BCUT2D eigenvalue weighted by Gasteiger charge is 1.99. The van der Waals surface area contributed by atoms with Crippen LogP contribution in [0.3, 0.4) is 0 Å². The molecule has 0 saturated carbocycles. The fourth-order valence-corrected chi connectivity index (χ4v) is 0.924. The molecule has 74 valence electrons. The van der Waals surface area contributed by atoms with Gasteiger partial charge in [0.05, 0.1) is 0 Å². The van der Waals surface area contributed by atoms with Gasteiger partial charge in [-0.25, -0.2) is 9.78 Å². The highest BCUT2D eigenvalue weighted by molar-refractivity contribution is 5.88. The van der Waals surface area contributed by atoms with Gasteiger partial charge in [0.15, 0.2) is 0 Å². The van der Waals surface area contributed by atoms with E-state index in [1.165, 1.54) is 0 Å². The van der Waals surface area contributed by atoms with E-state index in [1.54, 1.807) is 18.3 Å². The van der Waals surface area contributed by atoms with Crippen LogP contribution >= 0.6 is 0 Å². The van der Waals surface area contributed by atoms with E-state index in [1.807, 2.05) is 26.0 Å². The van der Waals surface area contributed by atoms with Gasteiger partial charge in [0.1, 0.15) is 5.82 Å². The second-order valence-electron chi connectivity index (χ2n) is 2.76. The topological polar surface area (TPSA) is 54.0 Å². The van der Waals surface area contributed by atoms with Crippen LogP contribution < -0.4 is 10.6 Å². The molecule has 0 bridgehead atoms. The maximum absolute atomic E-state index is 11.2. The van der Waals surface area contributed by atoms with E-state index in [9.17, 15) is 4.79 Å². The molecule has 1 aromatic heterocycles. The normalized spacial score (nSPS) is 10.1. The van der Waals surface area contributed by atoms with E-state index in [0.29, 0.717) is 5.82 Å². The first-order valence-electron chi connectivity index (χ1n) is 4.34. The molecular weight excluding hydrogens is 178 g/mol. The second-order valence-corrected chi connectivity index (χ2v) is 2.76. The number of nitrogens with one attached hydrogen (secondary N) is 2. The second kappa shape index (κ2) is 5.01. The summed E-state index contributed by atoms with van der Waals surface area (Å²) in [7, 11) is 0. The fraction of sp³-hybridized carbons (Fsp3) is 0.200. The van der Waals surface area contributed by atoms with E-state index in [2.05, 4.69) is 15.6 Å². The van der Waals surface area contributed by atoms with Crippen molar-refractivity contribution in [3.05, 3.63) is 36.2 Å². The summed E-state index contributed by atoms with van der Waals surface area (Å²) in [5.41, 5.74) is 0.869. The lowest BCUT2D eigenvalue weighted by Crippen LogP contribution is -2.24. The summed E-state index contributed by atoms with van der Waals surface area (Å²) in [5, 5.41) is 5.13. The van der Waals surface area contributed by atoms with Crippen molar-refractivity contribution in [3.63, 3.8) is 0 Å². The minimum absolute atomic E-state index is 0.291. The lowest BCUT2D eigenvalue weighted by atomic mass is 10.4. The van der Waals surface area contributed by atoms with Crippen LogP contribution in [0.4, 0.5) is 10.6 Å². The Morgan fingerprint density at radius 2 is 2.29 bits per heavy atom. The van der Waals surface area contributed by atoms with Gasteiger partial charge in [-0.15, -0.1) is 0 Å². The van der Waals surface area contributed by atoms with Gasteiger partial charge < -0.3 is 5.32 Å². The van der Waals surface area contributed by atoms with Gasteiger partial charge in [-0.1, -0.05) is 12.1 Å². The number of rotatable bonds is 2. The molecule has 0 aromatic carbocycles. The molecule has 0 aliphatic heterocycles. The predicted octanol–water partition coefficient (Wildman–Crippen LogP) is 2.05. The van der Waals surface area contributed by atoms with Crippen LogP contribution in [0.5, 0.6) is 0 Å². The number of carbonyl (C=O) groups is 1. The number of aromatic nitrogens is 1. The van der Waals surface area contributed by atoms with E-state index in [-0.39, 0.29) is 6.03 Å². The Bertz CT molecular complexity index is 347. The Labute approximate surface area is 83.0 Å². The third kappa shape index (κ3) is 3.26. The summed E-state index contributed by atoms with van der Waals surface area (Å²) in [6.07, 6.45) is 3.30. The van der Waals surface area contributed by atoms with Crippen LogP contribution in [-0.4, -0.2) is 11.0 Å². The monoisotopic (exact) mass is 191 g/mol. The van der Waals surface area contributed by atoms with Gasteiger partial charge in [0, 0.05) is 11.9 Å². The van der Waals surface area contributed by atoms with Crippen molar-refractivity contribution >= 4 is 11.8 Å². The number of carbonyl (C=O) groups excluding carboxylic acids is 1. The molecule has 14 heavy (non-hydrogen) atoms. The predicted molar refractivity (Wildman–Crippen MR) is 55.9 cm³/mol. The highest BCUT2D eigenvalue weighted by atomic mass is 16.2. The molecule has 0 aliphatic rings. The van der Waals surface area contributed by atoms with Crippen LogP contribution in [-0.2, 0) is 0 Å². The molecule has 4 heteroatoms. The zero-order chi connectivity index (χ0) is 10.4. The van der Waals surface area contributed by atoms with Gasteiger partial charge in [-0.3, -0.25) is 5.32 Å². The number of amides is 2. The van der Waals surface area contributed by atoms with Crippen molar-refractivity contribution in [2.45, 2.75) is 13.8 Å². The highest BCUT2D eigenvalue weighted by Crippen LogP contribution is 2.02. The number of anilines is 1. The molecule has 1 aromatic rings. The average Bonchev–Trinajstić information content (AvgIpc) is 2.15. The lowest BCUT2D eigenvalue weighted by molar-refractivity contribution is 0.255. The molecule has 0 saturated heterocycles. The van der Waals surface area contributed by atoms with Gasteiger partial charge in [0.25, 0.3) is 0 Å². The largest absolute Gasteiger partial charge is 0.324 e. The molecule has 0 unspecified atom stereocenters. The molecule has 0 radical (unpaired) electrons. The zero-order valence-corrected chi connectivity index (χ0v) is 8.24. The van der Waals surface area contributed by atoms with Crippen LogP contribution in [0.2, 0.25) is 0 Å². The number of pyridine rings is 1. The number of hydrogen-bond donors (Lipinski definition) is 2. The van der Waals surface area contributed by atoms with Crippen molar-refractivity contribution in [1.29, 1.82) is 0 Å². The minimum Gasteiger partial charge on any atom is -0.315 e. The molecule has 4 nitrogen and oxygen atoms in total. The molecule has 1 heterocycles. The molecule has 0 spiro atoms. The van der Waals surface area contributed by atoms with Crippen LogP contribution in [0.25, 0.3) is 0 Å². The van der Waals surface area contributed by atoms with Crippen LogP contribution in [0, 0.1) is 6.92 Å². The summed E-state index contributed by atoms with van der Waals surface area (Å²) in [5.74, 6) is 0.548. The quantitative estimate of drug-likeness (QED) is 0.751. The first-order chi connectivity index (χ1) is 6.72. The van der Waals surface area contributed by atoms with Crippen molar-refractivity contribution in [2.75, 3.05) is 5.32 Å². The summed E-state index contributed by atoms with van der Waals surface area (Å²) in [6, 6.07) is 5.16. The third-order valence-corrected chi connectivity index (χ3v) is 1.51. The molecule has 0 aliphatic carbocycles. The van der Waals surface area contributed by atoms with E-state index in [0.717, 1.165) is 5.69 Å².